The van der Waals surface area contributed by atoms with E-state index in [0.717, 1.165) is 6.42 Å². The molecule has 0 saturated heterocycles. The van der Waals surface area contributed by atoms with Crippen LogP contribution in [0.25, 0.3) is 0 Å². The molecule has 0 fully saturated rings. The Kier molecular flexibility index (Phi) is 7.90. The Labute approximate surface area is 86.3 Å². The minimum atomic E-state index is -0.745. The average molecular weight is 196 g/mol. The zero-order valence-electron chi connectivity index (χ0n) is 8.96. The van der Waals surface area contributed by atoms with Crippen molar-refractivity contribution in [2.24, 2.45) is 0 Å². The van der Waals surface area contributed by atoms with Crippen LogP contribution < -0.4 is 0 Å². The summed E-state index contributed by atoms with van der Waals surface area (Å²) in [5, 5.41) is 7.72. The van der Waals surface area contributed by atoms with Crippen molar-refractivity contribution >= 4 is 5.97 Å². The number of aliphatic carboxylic acids is 1. The third kappa shape index (κ3) is 7.59. The van der Waals surface area contributed by atoms with Gasteiger partial charge in [-0.1, -0.05) is 24.6 Å². The van der Waals surface area contributed by atoms with E-state index < -0.39 is 5.97 Å². The van der Waals surface area contributed by atoms with E-state index in [1.54, 1.807) is 12.5 Å². The van der Waals surface area contributed by atoms with Gasteiger partial charge in [-0.2, -0.15) is 0 Å². The summed E-state index contributed by atoms with van der Waals surface area (Å²) in [7, 11) is 0. The van der Waals surface area contributed by atoms with E-state index in [4.69, 9.17) is 5.11 Å². The molecule has 0 bridgehead atoms. The van der Waals surface area contributed by atoms with E-state index in [2.05, 4.69) is 12.7 Å². The second kappa shape index (κ2) is 8.54. The van der Waals surface area contributed by atoms with Crippen molar-refractivity contribution in [1.29, 1.82) is 0 Å². The van der Waals surface area contributed by atoms with Gasteiger partial charge in [-0.05, 0) is 32.1 Å². The van der Waals surface area contributed by atoms with Gasteiger partial charge in [0.05, 0.1) is 0 Å². The fourth-order valence-electron chi connectivity index (χ4n) is 1.28. The highest BCUT2D eigenvalue weighted by Gasteiger charge is 1.99. The molecule has 1 aliphatic carbocycles. The topological polar surface area (TPSA) is 37.3 Å². The quantitative estimate of drug-likeness (QED) is 0.701. The lowest BCUT2D eigenvalue weighted by atomic mass is 9.97. The van der Waals surface area contributed by atoms with Crippen LogP contribution in [0.1, 0.15) is 45.4 Å². The Balaban J connectivity index is 0.000000292. The SMILES string of the molecule is C=CCC1=CCCCC1.CCC(=O)O. The Morgan fingerprint density at radius 2 is 2.29 bits per heavy atom. The van der Waals surface area contributed by atoms with Crippen molar-refractivity contribution in [1.82, 2.24) is 0 Å². The summed E-state index contributed by atoms with van der Waals surface area (Å²) in [6.45, 7) is 5.31. The highest BCUT2D eigenvalue weighted by atomic mass is 16.4. The van der Waals surface area contributed by atoms with Crippen LogP contribution in [0.3, 0.4) is 0 Å². The highest BCUT2D eigenvalue weighted by molar-refractivity contribution is 5.66. The summed E-state index contributed by atoms with van der Waals surface area (Å²) in [5.74, 6) is -0.745. The van der Waals surface area contributed by atoms with Crippen LogP contribution in [-0.2, 0) is 4.79 Å². The van der Waals surface area contributed by atoms with Gasteiger partial charge in [-0.15, -0.1) is 6.58 Å². The number of carbonyl (C=O) groups is 1. The molecule has 80 valence electrons. The number of carboxylic acid groups (broad SMARTS) is 1. The number of rotatable bonds is 3. The van der Waals surface area contributed by atoms with Gasteiger partial charge in [0.25, 0.3) is 0 Å². The maximum atomic E-state index is 9.37. The fourth-order valence-corrected chi connectivity index (χ4v) is 1.28. The molecule has 0 unspecified atom stereocenters. The van der Waals surface area contributed by atoms with Gasteiger partial charge >= 0.3 is 5.97 Å². The maximum Gasteiger partial charge on any atom is 0.303 e. The van der Waals surface area contributed by atoms with Crippen LogP contribution in [0, 0.1) is 0 Å². The molecule has 0 spiro atoms. The van der Waals surface area contributed by atoms with Gasteiger partial charge in [-0.25, -0.2) is 0 Å². The van der Waals surface area contributed by atoms with E-state index in [1.807, 2.05) is 6.08 Å². The Morgan fingerprint density at radius 3 is 2.64 bits per heavy atom. The van der Waals surface area contributed by atoms with Crippen molar-refractivity contribution < 1.29 is 9.90 Å². The second-order valence-electron chi connectivity index (χ2n) is 3.35. The van der Waals surface area contributed by atoms with Crippen molar-refractivity contribution in [2.75, 3.05) is 0 Å². The van der Waals surface area contributed by atoms with Crippen LogP contribution in [0.15, 0.2) is 24.3 Å². The summed E-state index contributed by atoms with van der Waals surface area (Å²) in [6, 6.07) is 0. The number of allylic oxidation sites excluding steroid dienone is 3. The molecule has 1 N–H and O–H groups in total. The standard InChI is InChI=1S/C9H14.C3H6O2/c1-2-6-9-7-4-3-5-8-9;1-2-3(4)5/h2,7H,1,3-6,8H2;2H2,1H3,(H,4,5). The van der Waals surface area contributed by atoms with Gasteiger partial charge in [-0.3, -0.25) is 4.79 Å². The van der Waals surface area contributed by atoms with E-state index in [1.165, 1.54) is 25.7 Å². The van der Waals surface area contributed by atoms with Gasteiger partial charge < -0.3 is 5.11 Å². The van der Waals surface area contributed by atoms with Gasteiger partial charge in [0.15, 0.2) is 0 Å². The average Bonchev–Trinajstić information content (AvgIpc) is 2.21. The molecule has 2 heteroatoms. The molecule has 0 atom stereocenters. The lowest BCUT2D eigenvalue weighted by Crippen LogP contribution is -1.89. The smallest absolute Gasteiger partial charge is 0.303 e. The number of carboxylic acids is 1. The monoisotopic (exact) mass is 196 g/mol. The Hall–Kier alpha value is -1.05. The number of hydrogen-bond acceptors (Lipinski definition) is 1. The van der Waals surface area contributed by atoms with Gasteiger partial charge in [0.1, 0.15) is 0 Å². The molecule has 0 amide bonds. The van der Waals surface area contributed by atoms with Crippen molar-refractivity contribution in [3.63, 3.8) is 0 Å². The minimum absolute atomic E-state index is 0.222. The first-order chi connectivity index (χ1) is 6.70. The Bertz CT molecular complexity index is 204. The van der Waals surface area contributed by atoms with Crippen LogP contribution in [0.4, 0.5) is 0 Å². The number of hydrogen-bond donors (Lipinski definition) is 1. The third-order valence-electron chi connectivity index (χ3n) is 2.09. The first-order valence-corrected chi connectivity index (χ1v) is 5.21. The molecule has 2 nitrogen and oxygen atoms in total. The molecule has 0 saturated carbocycles. The second-order valence-corrected chi connectivity index (χ2v) is 3.35. The van der Waals surface area contributed by atoms with Crippen molar-refractivity contribution in [3.05, 3.63) is 24.3 Å². The minimum Gasteiger partial charge on any atom is -0.481 e. The molecule has 0 aliphatic heterocycles. The molecule has 0 aromatic heterocycles. The van der Waals surface area contributed by atoms with E-state index >= 15 is 0 Å². The Morgan fingerprint density at radius 1 is 1.64 bits per heavy atom. The van der Waals surface area contributed by atoms with E-state index in [9.17, 15) is 4.79 Å². The summed E-state index contributed by atoms with van der Waals surface area (Å²) < 4.78 is 0. The lowest BCUT2D eigenvalue weighted by Gasteiger charge is -2.09. The molecule has 0 aromatic carbocycles. The first kappa shape index (κ1) is 12.9. The first-order valence-electron chi connectivity index (χ1n) is 5.21. The summed E-state index contributed by atoms with van der Waals surface area (Å²) in [4.78, 5) is 9.37. The lowest BCUT2D eigenvalue weighted by molar-refractivity contribution is -0.136. The zero-order chi connectivity index (χ0) is 10.8. The zero-order valence-corrected chi connectivity index (χ0v) is 8.96. The predicted octanol–water partition coefficient (Wildman–Crippen LogP) is 3.54. The van der Waals surface area contributed by atoms with Crippen molar-refractivity contribution in [2.45, 2.75) is 45.4 Å². The molecular formula is C12H20O2. The maximum absolute atomic E-state index is 9.37. The molecule has 0 heterocycles. The van der Waals surface area contributed by atoms with Gasteiger partial charge in [0.2, 0.25) is 0 Å². The predicted molar refractivity (Wildman–Crippen MR) is 59.3 cm³/mol. The van der Waals surface area contributed by atoms with Gasteiger partial charge in [0, 0.05) is 6.42 Å². The summed E-state index contributed by atoms with van der Waals surface area (Å²) in [6.07, 6.45) is 11.1. The fraction of sp³-hybridized carbons (Fsp3) is 0.583. The largest absolute Gasteiger partial charge is 0.481 e. The molecule has 0 radical (unpaired) electrons. The van der Waals surface area contributed by atoms with Crippen LogP contribution in [-0.4, -0.2) is 11.1 Å². The van der Waals surface area contributed by atoms with E-state index in [-0.39, 0.29) is 6.42 Å². The highest BCUT2D eigenvalue weighted by Crippen LogP contribution is 2.19. The van der Waals surface area contributed by atoms with Crippen LogP contribution >= 0.6 is 0 Å². The van der Waals surface area contributed by atoms with E-state index in [0.29, 0.717) is 0 Å². The normalized spacial score (nSPS) is 14.8. The van der Waals surface area contributed by atoms with Crippen LogP contribution in [0.2, 0.25) is 0 Å². The molecule has 1 rings (SSSR count). The van der Waals surface area contributed by atoms with Crippen LogP contribution in [0.5, 0.6) is 0 Å². The van der Waals surface area contributed by atoms with Crippen molar-refractivity contribution in [3.8, 4) is 0 Å². The summed E-state index contributed by atoms with van der Waals surface area (Å²) >= 11 is 0. The molecular weight excluding hydrogens is 176 g/mol. The molecule has 1 aliphatic rings. The molecule has 0 aromatic rings. The third-order valence-corrected chi connectivity index (χ3v) is 2.09. The molecule has 14 heavy (non-hydrogen) atoms. The summed E-state index contributed by atoms with van der Waals surface area (Å²) in [5.41, 5.74) is 1.59.